The molecule has 0 aromatic heterocycles. The van der Waals surface area contributed by atoms with Gasteiger partial charge in [0.25, 0.3) is 0 Å². The van der Waals surface area contributed by atoms with Crippen molar-refractivity contribution in [1.82, 2.24) is 0 Å². The van der Waals surface area contributed by atoms with Gasteiger partial charge in [-0.05, 0) is 5.56 Å². The highest BCUT2D eigenvalue weighted by atomic mass is 16.6. The van der Waals surface area contributed by atoms with Gasteiger partial charge in [0.05, 0.1) is 0 Å². The fraction of sp³-hybridized carbons (Fsp3) is 0.417. The first kappa shape index (κ1) is 12.7. The van der Waals surface area contributed by atoms with E-state index in [1.807, 2.05) is 30.3 Å². The highest BCUT2D eigenvalue weighted by Gasteiger charge is 2.36. The summed E-state index contributed by atoms with van der Waals surface area (Å²) >= 11 is 0. The number of esters is 1. The lowest BCUT2D eigenvalue weighted by Crippen LogP contribution is -2.53. The second kappa shape index (κ2) is 5.09. The first-order chi connectivity index (χ1) is 7.44. The van der Waals surface area contributed by atoms with E-state index in [1.165, 1.54) is 0 Å². The van der Waals surface area contributed by atoms with E-state index >= 15 is 0 Å². The van der Waals surface area contributed by atoms with Crippen molar-refractivity contribution in [1.29, 1.82) is 0 Å². The van der Waals surface area contributed by atoms with Crippen LogP contribution >= 0.6 is 0 Å². The number of ether oxygens (including phenoxy) is 1. The van der Waals surface area contributed by atoms with E-state index in [-0.39, 0.29) is 6.61 Å². The van der Waals surface area contributed by atoms with Crippen LogP contribution in [0.1, 0.15) is 19.4 Å². The molecule has 4 heteroatoms. The Labute approximate surface area is 95.0 Å². The summed E-state index contributed by atoms with van der Waals surface area (Å²) < 4.78 is 4.94. The largest absolute Gasteiger partial charge is 0.458 e. The van der Waals surface area contributed by atoms with Gasteiger partial charge in [-0.2, -0.15) is 0 Å². The van der Waals surface area contributed by atoms with E-state index < -0.39 is 17.6 Å². The molecule has 4 nitrogen and oxygen atoms in total. The van der Waals surface area contributed by atoms with Gasteiger partial charge in [-0.3, -0.25) is 5.73 Å². The zero-order valence-corrected chi connectivity index (χ0v) is 9.51. The predicted molar refractivity (Wildman–Crippen MR) is 60.2 cm³/mol. The van der Waals surface area contributed by atoms with Gasteiger partial charge in [-0.1, -0.05) is 44.2 Å². The summed E-state index contributed by atoms with van der Waals surface area (Å²) in [4.78, 5) is 11.5. The minimum absolute atomic E-state index is 0.117. The molecule has 0 saturated heterocycles. The lowest BCUT2D eigenvalue weighted by atomic mass is 10.0. The molecule has 1 rings (SSSR count). The number of carbonyl (C=O) groups excluding carboxylic acids is 1. The first-order valence-corrected chi connectivity index (χ1v) is 5.17. The predicted octanol–water partition coefficient (Wildman–Crippen LogP) is 1.03. The highest BCUT2D eigenvalue weighted by Crippen LogP contribution is 2.13. The molecular weight excluding hydrogens is 206 g/mol. The van der Waals surface area contributed by atoms with Gasteiger partial charge in [0.15, 0.2) is 0 Å². The first-order valence-electron chi connectivity index (χ1n) is 5.17. The van der Waals surface area contributed by atoms with Crippen molar-refractivity contribution in [2.45, 2.75) is 26.2 Å². The van der Waals surface area contributed by atoms with Crippen LogP contribution in [-0.2, 0) is 16.1 Å². The van der Waals surface area contributed by atoms with Crippen molar-refractivity contribution >= 4 is 5.97 Å². The van der Waals surface area contributed by atoms with Crippen molar-refractivity contribution < 1.29 is 14.6 Å². The number of nitrogens with two attached hydrogens (primary N) is 1. The van der Waals surface area contributed by atoms with Crippen LogP contribution in [0, 0.1) is 5.92 Å². The summed E-state index contributed by atoms with van der Waals surface area (Å²) in [5, 5.41) is 9.64. The van der Waals surface area contributed by atoms with E-state index in [9.17, 15) is 9.90 Å². The van der Waals surface area contributed by atoms with Crippen LogP contribution in [0.4, 0.5) is 0 Å². The normalized spacial score (nSPS) is 14.6. The van der Waals surface area contributed by atoms with Crippen molar-refractivity contribution in [3.8, 4) is 0 Å². The van der Waals surface area contributed by atoms with Crippen LogP contribution < -0.4 is 5.73 Å². The minimum Gasteiger partial charge on any atom is -0.458 e. The molecule has 0 heterocycles. The minimum atomic E-state index is -1.92. The van der Waals surface area contributed by atoms with Crippen LogP contribution in [0.25, 0.3) is 0 Å². The van der Waals surface area contributed by atoms with Gasteiger partial charge >= 0.3 is 5.97 Å². The molecule has 0 radical (unpaired) electrons. The smallest absolute Gasteiger partial charge is 0.354 e. The molecule has 0 amide bonds. The van der Waals surface area contributed by atoms with Gasteiger partial charge in [0.1, 0.15) is 6.61 Å². The maximum Gasteiger partial charge on any atom is 0.354 e. The number of benzene rings is 1. The molecule has 0 saturated carbocycles. The van der Waals surface area contributed by atoms with Gasteiger partial charge in [-0.25, -0.2) is 4.79 Å². The van der Waals surface area contributed by atoms with Gasteiger partial charge in [-0.15, -0.1) is 0 Å². The number of rotatable bonds is 4. The fourth-order valence-electron chi connectivity index (χ4n) is 1.07. The molecule has 0 fully saturated rings. The van der Waals surface area contributed by atoms with Crippen molar-refractivity contribution in [3.63, 3.8) is 0 Å². The third-order valence-corrected chi connectivity index (χ3v) is 2.42. The summed E-state index contributed by atoms with van der Waals surface area (Å²) in [6, 6.07) is 9.23. The van der Waals surface area contributed by atoms with Gasteiger partial charge in [0.2, 0.25) is 5.72 Å². The second-order valence-electron chi connectivity index (χ2n) is 4.04. The number of carbonyl (C=O) groups is 1. The zero-order chi connectivity index (χ0) is 12.2. The molecule has 16 heavy (non-hydrogen) atoms. The monoisotopic (exact) mass is 223 g/mol. The maximum atomic E-state index is 11.5. The summed E-state index contributed by atoms with van der Waals surface area (Å²) in [5.74, 6) is -1.19. The van der Waals surface area contributed by atoms with Gasteiger partial charge in [0, 0.05) is 5.92 Å². The Morgan fingerprint density at radius 3 is 2.50 bits per heavy atom. The fourth-order valence-corrected chi connectivity index (χ4v) is 1.07. The van der Waals surface area contributed by atoms with Crippen molar-refractivity contribution in [2.75, 3.05) is 0 Å². The molecule has 3 N–H and O–H groups in total. The molecule has 1 atom stereocenters. The number of hydrogen-bond donors (Lipinski definition) is 2. The Kier molecular flexibility index (Phi) is 4.04. The average molecular weight is 223 g/mol. The molecular formula is C12H17NO3. The Morgan fingerprint density at radius 1 is 1.44 bits per heavy atom. The topological polar surface area (TPSA) is 72.5 Å². The number of hydrogen-bond acceptors (Lipinski definition) is 4. The molecule has 0 spiro atoms. The summed E-state index contributed by atoms with van der Waals surface area (Å²) in [7, 11) is 0. The molecule has 0 bridgehead atoms. The Bertz CT molecular complexity index is 347. The van der Waals surface area contributed by atoms with E-state index in [0.717, 1.165) is 5.56 Å². The SMILES string of the molecule is CC(C)[C@](N)(O)C(=O)OCc1ccccc1. The van der Waals surface area contributed by atoms with Crippen molar-refractivity contribution in [2.24, 2.45) is 11.7 Å². The Morgan fingerprint density at radius 2 is 2.00 bits per heavy atom. The Balaban J connectivity index is 2.54. The Hall–Kier alpha value is -1.39. The molecule has 0 unspecified atom stereocenters. The third kappa shape index (κ3) is 3.05. The van der Waals surface area contributed by atoms with E-state index in [1.54, 1.807) is 13.8 Å². The average Bonchev–Trinajstić information content (AvgIpc) is 2.27. The molecule has 1 aromatic carbocycles. The van der Waals surface area contributed by atoms with E-state index in [0.29, 0.717) is 0 Å². The second-order valence-corrected chi connectivity index (χ2v) is 4.04. The van der Waals surface area contributed by atoms with E-state index in [2.05, 4.69) is 0 Å². The van der Waals surface area contributed by atoms with Crippen LogP contribution in [-0.4, -0.2) is 16.8 Å². The van der Waals surface area contributed by atoms with Crippen LogP contribution in [0.15, 0.2) is 30.3 Å². The van der Waals surface area contributed by atoms with Crippen molar-refractivity contribution in [3.05, 3.63) is 35.9 Å². The molecule has 88 valence electrons. The van der Waals surface area contributed by atoms with Crippen LogP contribution in [0.3, 0.4) is 0 Å². The molecule has 0 aliphatic carbocycles. The standard InChI is InChI=1S/C12H17NO3/c1-9(2)12(13,15)11(14)16-8-10-6-4-3-5-7-10/h3-7,9,15H,8,13H2,1-2H3/t12-/m0/s1. The van der Waals surface area contributed by atoms with Crippen LogP contribution in [0.2, 0.25) is 0 Å². The third-order valence-electron chi connectivity index (χ3n) is 2.42. The summed E-state index contributed by atoms with van der Waals surface area (Å²) in [6.45, 7) is 3.43. The summed E-state index contributed by atoms with van der Waals surface area (Å²) in [6.07, 6.45) is 0. The highest BCUT2D eigenvalue weighted by molar-refractivity contribution is 5.78. The number of aliphatic hydroxyl groups is 1. The molecule has 1 aromatic rings. The van der Waals surface area contributed by atoms with E-state index in [4.69, 9.17) is 10.5 Å². The summed E-state index contributed by atoms with van der Waals surface area (Å²) in [5.41, 5.74) is 4.38. The lowest BCUT2D eigenvalue weighted by molar-refractivity contribution is -0.171. The molecule has 0 aliphatic heterocycles. The molecule has 0 aliphatic rings. The van der Waals surface area contributed by atoms with Crippen LogP contribution in [0.5, 0.6) is 0 Å². The van der Waals surface area contributed by atoms with Gasteiger partial charge < -0.3 is 9.84 Å². The zero-order valence-electron chi connectivity index (χ0n) is 9.51. The maximum absolute atomic E-state index is 11.5. The quantitative estimate of drug-likeness (QED) is 0.590. The lowest BCUT2D eigenvalue weighted by Gasteiger charge is -2.24.